The molecule has 3 aromatic rings. The van der Waals surface area contributed by atoms with Crippen LogP contribution in [0.4, 0.5) is 10.1 Å². The molecule has 32 heavy (non-hydrogen) atoms. The Morgan fingerprint density at radius 2 is 1.72 bits per heavy atom. The maximum absolute atomic E-state index is 13.3. The maximum atomic E-state index is 13.3. The largest absolute Gasteiger partial charge is 0.497 e. The van der Waals surface area contributed by atoms with Crippen molar-refractivity contribution in [3.8, 4) is 5.75 Å². The van der Waals surface area contributed by atoms with E-state index in [2.05, 4.69) is 5.32 Å². The summed E-state index contributed by atoms with van der Waals surface area (Å²) in [6.45, 7) is 0.0121. The molecule has 1 amide bonds. The first kappa shape index (κ1) is 23.3. The number of carbonyl (C=O) groups is 1. The Bertz CT molecular complexity index is 1140. The quantitative estimate of drug-likeness (QED) is 0.471. The van der Waals surface area contributed by atoms with E-state index in [9.17, 15) is 17.6 Å². The van der Waals surface area contributed by atoms with E-state index in [0.29, 0.717) is 18.7 Å². The highest BCUT2D eigenvalue weighted by Crippen LogP contribution is 2.23. The van der Waals surface area contributed by atoms with Crippen molar-refractivity contribution in [2.45, 2.75) is 17.7 Å². The Balaban J connectivity index is 1.65. The summed E-state index contributed by atoms with van der Waals surface area (Å²) in [5.41, 5.74) is 1.44. The number of para-hydroxylation sites is 1. The smallest absolute Gasteiger partial charge is 0.264 e. The first-order chi connectivity index (χ1) is 15.4. The number of benzene rings is 3. The number of aryl methyl sites for hydroxylation is 1. The summed E-state index contributed by atoms with van der Waals surface area (Å²) < 4.78 is 45.8. The van der Waals surface area contributed by atoms with Gasteiger partial charge in [-0.25, -0.2) is 12.8 Å². The number of hydrogen-bond acceptors (Lipinski definition) is 4. The molecule has 0 saturated carbocycles. The molecule has 0 aliphatic rings. The average Bonchev–Trinajstić information content (AvgIpc) is 2.81. The minimum atomic E-state index is -4.06. The molecule has 0 radical (unpaired) electrons. The number of hydrogen-bond donors (Lipinski definition) is 1. The highest BCUT2D eigenvalue weighted by Gasteiger charge is 2.27. The first-order valence-electron chi connectivity index (χ1n) is 10.1. The fourth-order valence-corrected chi connectivity index (χ4v) is 4.60. The highest BCUT2D eigenvalue weighted by molar-refractivity contribution is 7.92. The summed E-state index contributed by atoms with van der Waals surface area (Å²) in [6, 6.07) is 20.6. The Morgan fingerprint density at radius 1 is 1.00 bits per heavy atom. The van der Waals surface area contributed by atoms with Crippen LogP contribution in [0.1, 0.15) is 12.0 Å². The number of halogens is 1. The third-order valence-electron chi connectivity index (χ3n) is 4.83. The molecule has 3 rings (SSSR count). The summed E-state index contributed by atoms with van der Waals surface area (Å²) in [5.74, 6) is -0.190. The number of nitrogens with zero attached hydrogens (tertiary/aromatic N) is 1. The van der Waals surface area contributed by atoms with E-state index in [4.69, 9.17) is 4.74 Å². The van der Waals surface area contributed by atoms with Crippen LogP contribution in [0.3, 0.4) is 0 Å². The van der Waals surface area contributed by atoms with Gasteiger partial charge < -0.3 is 10.1 Å². The molecule has 0 bridgehead atoms. The van der Waals surface area contributed by atoms with Crippen LogP contribution in [0.2, 0.25) is 0 Å². The van der Waals surface area contributed by atoms with Gasteiger partial charge in [-0.05, 0) is 66.9 Å². The molecule has 0 aromatic heterocycles. The molecule has 1 N–H and O–H groups in total. The van der Waals surface area contributed by atoms with Gasteiger partial charge in [0.25, 0.3) is 10.0 Å². The van der Waals surface area contributed by atoms with Gasteiger partial charge in [0.2, 0.25) is 5.91 Å². The number of anilines is 1. The second-order valence-electron chi connectivity index (χ2n) is 7.11. The van der Waals surface area contributed by atoms with Crippen LogP contribution in [0.25, 0.3) is 0 Å². The second kappa shape index (κ2) is 10.8. The van der Waals surface area contributed by atoms with Crippen molar-refractivity contribution in [3.63, 3.8) is 0 Å². The molecule has 0 unspecified atom stereocenters. The zero-order chi connectivity index (χ0) is 23.0. The predicted molar refractivity (Wildman–Crippen MR) is 122 cm³/mol. The zero-order valence-electron chi connectivity index (χ0n) is 17.7. The van der Waals surface area contributed by atoms with Gasteiger partial charge in [0.15, 0.2) is 0 Å². The number of carbonyl (C=O) groups excluding carboxylic acids is 1. The number of rotatable bonds is 10. The zero-order valence-corrected chi connectivity index (χ0v) is 18.5. The lowest BCUT2D eigenvalue weighted by atomic mass is 10.1. The third kappa shape index (κ3) is 6.07. The monoisotopic (exact) mass is 456 g/mol. The number of methoxy groups -OCH3 is 1. The fourth-order valence-electron chi connectivity index (χ4n) is 3.18. The molecule has 0 heterocycles. The summed E-state index contributed by atoms with van der Waals surface area (Å²) in [6.07, 6.45) is 1.43. The molecule has 0 aliphatic carbocycles. The van der Waals surface area contributed by atoms with Crippen LogP contribution in [0.5, 0.6) is 5.75 Å². The number of ether oxygens (including phenoxy) is 1. The lowest BCUT2D eigenvalue weighted by molar-refractivity contribution is -0.119. The first-order valence-corrected chi connectivity index (χ1v) is 11.6. The minimum absolute atomic E-state index is 0.0893. The van der Waals surface area contributed by atoms with Gasteiger partial charge in [0.05, 0.1) is 17.7 Å². The molecular formula is C24H25FN2O4S. The van der Waals surface area contributed by atoms with Crippen molar-refractivity contribution >= 4 is 21.6 Å². The summed E-state index contributed by atoms with van der Waals surface area (Å²) >= 11 is 0. The molecule has 8 heteroatoms. The Kier molecular flexibility index (Phi) is 7.83. The van der Waals surface area contributed by atoms with Crippen molar-refractivity contribution in [1.29, 1.82) is 0 Å². The van der Waals surface area contributed by atoms with E-state index < -0.39 is 21.7 Å². The van der Waals surface area contributed by atoms with Gasteiger partial charge in [0, 0.05) is 6.54 Å². The third-order valence-corrected chi connectivity index (χ3v) is 6.62. The van der Waals surface area contributed by atoms with Crippen LogP contribution in [-0.2, 0) is 21.2 Å². The van der Waals surface area contributed by atoms with Gasteiger partial charge in [0.1, 0.15) is 18.1 Å². The molecule has 0 fully saturated rings. The molecular weight excluding hydrogens is 431 g/mol. The number of sulfonamides is 1. The predicted octanol–water partition coefficient (Wildman–Crippen LogP) is 3.78. The maximum Gasteiger partial charge on any atom is 0.264 e. The summed E-state index contributed by atoms with van der Waals surface area (Å²) in [5, 5.41) is 2.78. The number of amides is 1. The Labute approximate surface area is 187 Å². The molecule has 0 spiro atoms. The van der Waals surface area contributed by atoms with Crippen LogP contribution in [0, 0.1) is 5.82 Å². The van der Waals surface area contributed by atoms with Crippen molar-refractivity contribution in [1.82, 2.24) is 5.32 Å². The molecule has 6 nitrogen and oxygen atoms in total. The Hall–Kier alpha value is -3.39. The molecule has 0 atom stereocenters. The van der Waals surface area contributed by atoms with Crippen LogP contribution in [-0.4, -0.2) is 34.5 Å². The van der Waals surface area contributed by atoms with E-state index in [-0.39, 0.29) is 11.4 Å². The van der Waals surface area contributed by atoms with Crippen molar-refractivity contribution in [2.75, 3.05) is 24.5 Å². The van der Waals surface area contributed by atoms with Gasteiger partial charge in [-0.3, -0.25) is 9.10 Å². The van der Waals surface area contributed by atoms with Gasteiger partial charge in [-0.2, -0.15) is 0 Å². The van der Waals surface area contributed by atoms with Crippen LogP contribution in [0.15, 0.2) is 83.8 Å². The van der Waals surface area contributed by atoms with E-state index >= 15 is 0 Å². The average molecular weight is 457 g/mol. The molecule has 3 aromatic carbocycles. The summed E-state index contributed by atoms with van der Waals surface area (Å²) in [4.78, 5) is 12.5. The SMILES string of the molecule is COc1cccc(CCCNC(=O)CN(c2ccccc2)S(=O)(=O)c2ccc(F)cc2)c1. The lowest BCUT2D eigenvalue weighted by Gasteiger charge is -2.24. The van der Waals surface area contributed by atoms with Gasteiger partial charge in [-0.1, -0.05) is 30.3 Å². The minimum Gasteiger partial charge on any atom is -0.497 e. The topological polar surface area (TPSA) is 75.7 Å². The van der Waals surface area contributed by atoms with Crippen LogP contribution >= 0.6 is 0 Å². The lowest BCUT2D eigenvalue weighted by Crippen LogP contribution is -2.41. The van der Waals surface area contributed by atoms with Crippen LogP contribution < -0.4 is 14.4 Å². The highest BCUT2D eigenvalue weighted by atomic mass is 32.2. The summed E-state index contributed by atoms with van der Waals surface area (Å²) in [7, 11) is -2.45. The van der Waals surface area contributed by atoms with Crippen molar-refractivity contribution < 1.29 is 22.3 Å². The second-order valence-corrected chi connectivity index (χ2v) is 8.97. The van der Waals surface area contributed by atoms with E-state index in [1.54, 1.807) is 37.4 Å². The van der Waals surface area contributed by atoms with Gasteiger partial charge >= 0.3 is 0 Å². The van der Waals surface area contributed by atoms with E-state index in [1.807, 2.05) is 24.3 Å². The Morgan fingerprint density at radius 3 is 2.41 bits per heavy atom. The fraction of sp³-hybridized carbons (Fsp3) is 0.208. The van der Waals surface area contributed by atoms with Crippen molar-refractivity contribution in [3.05, 3.63) is 90.2 Å². The van der Waals surface area contributed by atoms with Crippen molar-refractivity contribution in [2.24, 2.45) is 0 Å². The molecule has 0 aliphatic heterocycles. The van der Waals surface area contributed by atoms with E-state index in [1.165, 1.54) is 12.1 Å². The molecule has 0 saturated heterocycles. The normalized spacial score (nSPS) is 11.1. The van der Waals surface area contributed by atoms with E-state index in [0.717, 1.165) is 34.2 Å². The number of nitrogens with one attached hydrogen (secondary N) is 1. The van der Waals surface area contributed by atoms with Gasteiger partial charge in [-0.15, -0.1) is 0 Å². The molecule has 168 valence electrons. The standard InChI is InChI=1S/C24H25FN2O4S/c1-31-22-11-5-7-19(17-22)8-6-16-26-24(28)18-27(21-9-3-2-4-10-21)32(29,30)23-14-12-20(25)13-15-23/h2-5,7,9-15,17H,6,8,16,18H2,1H3,(H,26,28).